The molecule has 0 bridgehead atoms. The highest BCUT2D eigenvalue weighted by atomic mass is 32.1. The lowest BCUT2D eigenvalue weighted by Crippen LogP contribution is -2.50. The Morgan fingerprint density at radius 1 is 1.15 bits per heavy atom. The summed E-state index contributed by atoms with van der Waals surface area (Å²) < 4.78 is 0. The molecule has 1 aromatic rings. The highest BCUT2D eigenvalue weighted by Crippen LogP contribution is 2.29. The second kappa shape index (κ2) is 7.40. The summed E-state index contributed by atoms with van der Waals surface area (Å²) in [6.45, 7) is 1.18. The fourth-order valence-corrected chi connectivity index (χ4v) is 4.28. The lowest BCUT2D eigenvalue weighted by Gasteiger charge is -2.34. The number of carboxylic acids is 1. The average molecular weight is 381 g/mol. The Morgan fingerprint density at radius 3 is 2.42 bits per heavy atom. The number of piperidine rings is 1. The third-order valence-electron chi connectivity index (χ3n) is 4.94. The van der Waals surface area contributed by atoms with E-state index in [2.05, 4.69) is 0 Å². The van der Waals surface area contributed by atoms with E-state index in [0.29, 0.717) is 45.3 Å². The summed E-state index contributed by atoms with van der Waals surface area (Å²) in [4.78, 5) is 50.2. The zero-order valence-electron chi connectivity index (χ0n) is 14.0. The number of rotatable bonds is 4. The first-order chi connectivity index (χ1) is 12.4. The van der Waals surface area contributed by atoms with Crippen molar-refractivity contribution in [2.75, 3.05) is 19.6 Å². The Bertz CT molecular complexity index is 740. The molecule has 1 unspecified atom stereocenters. The van der Waals surface area contributed by atoms with Crippen molar-refractivity contribution in [1.29, 1.82) is 0 Å². The number of aliphatic carboxylic acids is 1. The molecule has 2 saturated heterocycles. The number of hydrogen-bond acceptors (Lipinski definition) is 6. The number of thiophene rings is 1. The lowest BCUT2D eigenvalue weighted by molar-refractivity contribution is -0.380. The quantitative estimate of drug-likeness (QED) is 0.624. The van der Waals surface area contributed by atoms with Crippen LogP contribution in [0, 0.1) is 16.0 Å². The van der Waals surface area contributed by atoms with Crippen LogP contribution in [0.3, 0.4) is 0 Å². The van der Waals surface area contributed by atoms with Crippen molar-refractivity contribution < 1.29 is 24.4 Å². The molecule has 2 amide bonds. The minimum Gasteiger partial charge on any atom is -0.481 e. The van der Waals surface area contributed by atoms with Crippen molar-refractivity contribution in [1.82, 2.24) is 9.80 Å². The maximum Gasteiger partial charge on any atom is 0.324 e. The first-order valence-corrected chi connectivity index (χ1v) is 9.27. The monoisotopic (exact) mass is 381 g/mol. The normalized spacial score (nSPS) is 21.0. The number of carbonyl (C=O) groups is 3. The molecule has 1 aromatic heterocycles. The maximum absolute atomic E-state index is 12.8. The third kappa shape index (κ3) is 3.55. The summed E-state index contributed by atoms with van der Waals surface area (Å²) in [7, 11) is 0. The molecule has 3 rings (SSSR count). The van der Waals surface area contributed by atoms with E-state index in [1.54, 1.807) is 4.90 Å². The van der Waals surface area contributed by atoms with E-state index in [4.69, 9.17) is 5.11 Å². The van der Waals surface area contributed by atoms with E-state index in [-0.39, 0.29) is 21.7 Å². The fourth-order valence-electron chi connectivity index (χ4n) is 3.51. The van der Waals surface area contributed by atoms with Crippen molar-refractivity contribution in [2.24, 2.45) is 5.92 Å². The summed E-state index contributed by atoms with van der Waals surface area (Å²) in [6, 6.07) is 2.13. The van der Waals surface area contributed by atoms with Gasteiger partial charge < -0.3 is 14.9 Å². The first kappa shape index (κ1) is 18.3. The van der Waals surface area contributed by atoms with Gasteiger partial charge in [0.25, 0.3) is 5.91 Å². The number of carbonyl (C=O) groups excluding carboxylic acids is 2. The van der Waals surface area contributed by atoms with Crippen LogP contribution in [0.25, 0.3) is 0 Å². The molecule has 0 aromatic carbocycles. The van der Waals surface area contributed by atoms with E-state index < -0.39 is 22.9 Å². The Morgan fingerprint density at radius 2 is 1.85 bits per heavy atom. The molecule has 2 aliphatic heterocycles. The molecule has 0 spiro atoms. The van der Waals surface area contributed by atoms with Gasteiger partial charge in [-0.3, -0.25) is 24.5 Å². The molecular weight excluding hydrogens is 362 g/mol. The van der Waals surface area contributed by atoms with Gasteiger partial charge in [-0.1, -0.05) is 11.3 Å². The van der Waals surface area contributed by atoms with Crippen LogP contribution in [-0.2, 0) is 9.59 Å². The minimum absolute atomic E-state index is 0.105. The van der Waals surface area contributed by atoms with Crippen LogP contribution in [0.5, 0.6) is 0 Å². The van der Waals surface area contributed by atoms with Gasteiger partial charge in [-0.25, -0.2) is 0 Å². The summed E-state index contributed by atoms with van der Waals surface area (Å²) in [5, 5.41) is 19.7. The van der Waals surface area contributed by atoms with Crippen molar-refractivity contribution in [3.05, 3.63) is 27.1 Å². The standard InChI is InChI=1S/C16H19N3O6S/c20-14(17-8-5-10(6-9-17)16(22)23)11-2-1-7-18(11)15(21)12-3-4-13(26-12)19(24)25/h3-4,10-11H,1-2,5-9H2,(H,22,23). The smallest absolute Gasteiger partial charge is 0.324 e. The van der Waals surface area contributed by atoms with Crippen LogP contribution in [0.1, 0.15) is 35.4 Å². The Balaban J connectivity index is 1.67. The van der Waals surface area contributed by atoms with E-state index in [1.165, 1.54) is 17.0 Å². The number of nitrogens with zero attached hydrogens (tertiary/aromatic N) is 3. The van der Waals surface area contributed by atoms with Crippen molar-refractivity contribution >= 4 is 34.1 Å². The molecule has 140 valence electrons. The fraction of sp³-hybridized carbons (Fsp3) is 0.562. The van der Waals surface area contributed by atoms with Crippen LogP contribution in [0.4, 0.5) is 5.00 Å². The van der Waals surface area contributed by atoms with Gasteiger partial charge in [-0.2, -0.15) is 0 Å². The van der Waals surface area contributed by atoms with E-state index in [1.807, 2.05) is 0 Å². The number of likely N-dealkylation sites (tertiary alicyclic amines) is 2. The van der Waals surface area contributed by atoms with Crippen molar-refractivity contribution in [3.63, 3.8) is 0 Å². The van der Waals surface area contributed by atoms with Gasteiger partial charge in [0.15, 0.2) is 0 Å². The summed E-state index contributed by atoms with van der Waals surface area (Å²) in [5.41, 5.74) is 0. The van der Waals surface area contributed by atoms with E-state index in [0.717, 1.165) is 11.3 Å². The highest BCUT2D eigenvalue weighted by molar-refractivity contribution is 7.17. The second-order valence-electron chi connectivity index (χ2n) is 6.49. The largest absolute Gasteiger partial charge is 0.481 e. The SMILES string of the molecule is O=C(O)C1CCN(C(=O)C2CCCN2C(=O)c2ccc([N+](=O)[O-])s2)CC1. The van der Waals surface area contributed by atoms with Crippen LogP contribution in [-0.4, -0.2) is 63.3 Å². The summed E-state index contributed by atoms with van der Waals surface area (Å²) in [6.07, 6.45) is 2.08. The number of nitro groups is 1. The molecule has 0 saturated carbocycles. The van der Waals surface area contributed by atoms with Gasteiger partial charge in [-0.05, 0) is 31.7 Å². The first-order valence-electron chi connectivity index (χ1n) is 8.45. The average Bonchev–Trinajstić information content (AvgIpc) is 3.30. The van der Waals surface area contributed by atoms with Crippen LogP contribution in [0.15, 0.2) is 12.1 Å². The predicted molar refractivity (Wildman–Crippen MR) is 92.0 cm³/mol. The summed E-state index contributed by atoms with van der Waals surface area (Å²) >= 11 is 0.808. The number of amides is 2. The molecule has 10 heteroatoms. The van der Waals surface area contributed by atoms with Crippen molar-refractivity contribution in [3.8, 4) is 0 Å². The van der Waals surface area contributed by atoms with Gasteiger partial charge in [0.05, 0.1) is 15.7 Å². The number of carboxylic acid groups (broad SMARTS) is 1. The number of hydrogen-bond donors (Lipinski definition) is 1. The Labute approximate surface area is 153 Å². The molecule has 2 fully saturated rings. The summed E-state index contributed by atoms with van der Waals surface area (Å²) in [5.74, 6) is -1.79. The molecular formula is C16H19N3O6S. The maximum atomic E-state index is 12.8. The molecule has 1 N–H and O–H groups in total. The van der Waals surface area contributed by atoms with E-state index in [9.17, 15) is 24.5 Å². The van der Waals surface area contributed by atoms with Crippen LogP contribution < -0.4 is 0 Å². The van der Waals surface area contributed by atoms with Gasteiger partial charge in [0, 0.05) is 25.7 Å². The van der Waals surface area contributed by atoms with Crippen molar-refractivity contribution in [2.45, 2.75) is 31.7 Å². The minimum atomic E-state index is -0.839. The molecule has 3 heterocycles. The van der Waals surface area contributed by atoms with E-state index >= 15 is 0 Å². The molecule has 9 nitrogen and oxygen atoms in total. The van der Waals surface area contributed by atoms with Gasteiger partial charge in [0.2, 0.25) is 5.91 Å². The van der Waals surface area contributed by atoms with Crippen LogP contribution >= 0.6 is 11.3 Å². The lowest BCUT2D eigenvalue weighted by atomic mass is 9.96. The zero-order valence-corrected chi connectivity index (χ0v) is 14.8. The second-order valence-corrected chi connectivity index (χ2v) is 7.55. The molecule has 26 heavy (non-hydrogen) atoms. The van der Waals surface area contributed by atoms with Gasteiger partial charge >= 0.3 is 11.0 Å². The topological polar surface area (TPSA) is 121 Å². The van der Waals surface area contributed by atoms with Gasteiger partial charge in [-0.15, -0.1) is 0 Å². The molecule has 0 radical (unpaired) electrons. The van der Waals surface area contributed by atoms with Gasteiger partial charge in [0.1, 0.15) is 6.04 Å². The van der Waals surface area contributed by atoms with Crippen LogP contribution in [0.2, 0.25) is 0 Å². The molecule has 1 atom stereocenters. The Hall–Kier alpha value is -2.49. The third-order valence-corrected chi connectivity index (χ3v) is 5.96. The highest BCUT2D eigenvalue weighted by Gasteiger charge is 2.39. The molecule has 2 aliphatic rings. The predicted octanol–water partition coefficient (Wildman–Crippen LogP) is 1.58. The Kier molecular flexibility index (Phi) is 5.21. The molecule has 0 aliphatic carbocycles. The zero-order chi connectivity index (χ0) is 18.8.